The predicted molar refractivity (Wildman–Crippen MR) is 109 cm³/mol. The van der Waals surface area contributed by atoms with E-state index in [0.29, 0.717) is 27.4 Å². The Morgan fingerprint density at radius 3 is 2.93 bits per heavy atom. The van der Waals surface area contributed by atoms with Crippen molar-refractivity contribution in [2.45, 2.75) is 12.1 Å². The molecule has 0 amide bonds. The fourth-order valence-corrected chi connectivity index (χ4v) is 3.41. The molecule has 0 aliphatic carbocycles. The molecular weight excluding hydrogens is 454 g/mol. The predicted octanol–water partition coefficient (Wildman–Crippen LogP) is 4.53. The Labute approximate surface area is 173 Å². The highest BCUT2D eigenvalue weighted by Crippen LogP contribution is 2.31. The number of thioether (sulfide) groups is 1. The molecule has 0 fully saturated rings. The highest BCUT2D eigenvalue weighted by atomic mass is 79.9. The zero-order chi connectivity index (χ0) is 19.4. The van der Waals surface area contributed by atoms with Crippen LogP contribution in [0.15, 0.2) is 46.4 Å². The topological polar surface area (TPSA) is 81.9 Å². The van der Waals surface area contributed by atoms with Gasteiger partial charge in [0, 0.05) is 23.1 Å². The van der Waals surface area contributed by atoms with Gasteiger partial charge in [-0.3, -0.25) is 5.43 Å². The fourth-order valence-electron chi connectivity index (χ4n) is 2.29. The van der Waals surface area contributed by atoms with Gasteiger partial charge in [0.25, 0.3) is 0 Å². The Morgan fingerprint density at radius 2 is 2.22 bits per heavy atom. The summed E-state index contributed by atoms with van der Waals surface area (Å²) in [4.78, 5) is 25.3. The average molecular weight is 469 g/mol. The number of esters is 1. The number of para-hydroxylation sites is 1. The zero-order valence-electron chi connectivity index (χ0n) is 14.4. The van der Waals surface area contributed by atoms with E-state index in [1.807, 2.05) is 18.4 Å². The normalized spacial score (nSPS) is 10.7. The quantitative estimate of drug-likeness (QED) is 0.323. The number of hydrogen-bond acceptors (Lipinski definition) is 7. The molecule has 10 heteroatoms. The Kier molecular flexibility index (Phi) is 6.35. The molecule has 1 N–H and O–H groups in total. The fraction of sp³-hybridized carbons (Fsp3) is 0.176. The van der Waals surface area contributed by atoms with Crippen LogP contribution in [0.4, 0.5) is 5.69 Å². The molecule has 7 nitrogen and oxygen atoms in total. The number of ether oxygens (including phenoxy) is 1. The van der Waals surface area contributed by atoms with Crippen LogP contribution in [0.2, 0.25) is 5.02 Å². The monoisotopic (exact) mass is 467 g/mol. The molecule has 0 spiro atoms. The van der Waals surface area contributed by atoms with Crippen LogP contribution in [0, 0.1) is 0 Å². The molecule has 0 bridgehead atoms. The lowest BCUT2D eigenvalue weighted by Gasteiger charge is -2.15. The second-order valence-corrected chi connectivity index (χ2v) is 7.20. The van der Waals surface area contributed by atoms with Crippen molar-refractivity contribution in [3.63, 3.8) is 0 Å². The summed E-state index contributed by atoms with van der Waals surface area (Å²) in [5, 5.41) is 1.05. The summed E-state index contributed by atoms with van der Waals surface area (Å²) in [5.41, 5.74) is 4.45. The average Bonchev–Trinajstić information content (AvgIpc) is 3.12. The number of nitrogens with zero attached hydrogens (tertiary/aromatic N) is 4. The van der Waals surface area contributed by atoms with Gasteiger partial charge in [0.2, 0.25) is 0 Å². The zero-order valence-corrected chi connectivity index (χ0v) is 17.6. The van der Waals surface area contributed by atoms with Crippen molar-refractivity contribution in [1.82, 2.24) is 19.6 Å². The van der Waals surface area contributed by atoms with Crippen LogP contribution in [0.3, 0.4) is 0 Å². The van der Waals surface area contributed by atoms with Crippen molar-refractivity contribution in [3.8, 4) is 11.5 Å². The van der Waals surface area contributed by atoms with E-state index < -0.39 is 5.97 Å². The van der Waals surface area contributed by atoms with E-state index >= 15 is 0 Å². The third-order valence-corrected chi connectivity index (χ3v) is 5.03. The minimum Gasteiger partial charge on any atom is -0.462 e. The van der Waals surface area contributed by atoms with E-state index in [4.69, 9.17) is 16.3 Å². The Balaban J connectivity index is 2.08. The molecule has 0 unspecified atom stereocenters. The number of carbonyl (C=O) groups is 1. The molecule has 0 aliphatic heterocycles. The van der Waals surface area contributed by atoms with Crippen LogP contribution in [-0.4, -0.2) is 38.5 Å². The third-order valence-electron chi connectivity index (χ3n) is 3.49. The summed E-state index contributed by atoms with van der Waals surface area (Å²) in [5.74, 6) is -0.0730. The van der Waals surface area contributed by atoms with Crippen molar-refractivity contribution < 1.29 is 9.53 Å². The smallest absolute Gasteiger partial charge is 0.342 e. The van der Waals surface area contributed by atoms with Crippen molar-refractivity contribution in [3.05, 3.63) is 51.8 Å². The minimum atomic E-state index is -0.506. The summed E-state index contributed by atoms with van der Waals surface area (Å²) >= 11 is 11.1. The van der Waals surface area contributed by atoms with Crippen LogP contribution in [0.1, 0.15) is 17.3 Å². The summed E-state index contributed by atoms with van der Waals surface area (Å²) in [6.07, 6.45) is 6.62. The van der Waals surface area contributed by atoms with Gasteiger partial charge in [0.1, 0.15) is 11.3 Å². The first kappa shape index (κ1) is 19.7. The molecule has 1 aromatic carbocycles. The van der Waals surface area contributed by atoms with Gasteiger partial charge in [0.05, 0.1) is 17.3 Å². The summed E-state index contributed by atoms with van der Waals surface area (Å²) in [6.45, 7) is 1.99. The Bertz CT molecular complexity index is 961. The number of aromatic nitrogens is 4. The number of anilines is 1. The van der Waals surface area contributed by atoms with Crippen LogP contribution in [0.5, 0.6) is 0 Å². The second-order valence-electron chi connectivity index (χ2n) is 5.17. The lowest BCUT2D eigenvalue weighted by Crippen LogP contribution is -2.15. The molecule has 27 heavy (non-hydrogen) atoms. The van der Waals surface area contributed by atoms with E-state index in [0.717, 1.165) is 4.47 Å². The lowest BCUT2D eigenvalue weighted by molar-refractivity contribution is 0.0526. The highest BCUT2D eigenvalue weighted by molar-refractivity contribution is 9.10. The number of nitrogens with one attached hydrogen (secondary N) is 1. The number of carbonyl (C=O) groups excluding carboxylic acids is 1. The highest BCUT2D eigenvalue weighted by Gasteiger charge is 2.21. The van der Waals surface area contributed by atoms with Gasteiger partial charge in [-0.05, 0) is 41.2 Å². The summed E-state index contributed by atoms with van der Waals surface area (Å²) in [6, 6.07) is 5.47. The molecule has 2 aromatic heterocycles. The summed E-state index contributed by atoms with van der Waals surface area (Å²) in [7, 11) is 0. The van der Waals surface area contributed by atoms with Crippen LogP contribution in [-0.2, 0) is 4.74 Å². The first-order chi connectivity index (χ1) is 13.0. The van der Waals surface area contributed by atoms with Gasteiger partial charge in [0.15, 0.2) is 11.0 Å². The number of benzene rings is 1. The first-order valence-corrected chi connectivity index (χ1v) is 10.3. The van der Waals surface area contributed by atoms with Gasteiger partial charge >= 0.3 is 5.97 Å². The number of imidazole rings is 1. The maximum atomic E-state index is 12.3. The maximum Gasteiger partial charge on any atom is 0.342 e. The first-order valence-electron chi connectivity index (χ1n) is 7.88. The van der Waals surface area contributed by atoms with E-state index in [1.54, 1.807) is 30.1 Å². The minimum absolute atomic E-state index is 0.238. The molecule has 0 radical (unpaired) electrons. The molecule has 3 aromatic rings. The molecule has 0 saturated heterocycles. The largest absolute Gasteiger partial charge is 0.462 e. The SMILES string of the molecule is CCOC(=O)c1cnc(SC)nc1-c1nccn1Nc1c(Cl)cccc1Br. The van der Waals surface area contributed by atoms with Crippen molar-refractivity contribution >= 4 is 50.9 Å². The number of rotatable bonds is 6. The van der Waals surface area contributed by atoms with Crippen molar-refractivity contribution in [2.24, 2.45) is 0 Å². The van der Waals surface area contributed by atoms with Gasteiger partial charge in [-0.1, -0.05) is 29.4 Å². The van der Waals surface area contributed by atoms with E-state index in [1.165, 1.54) is 18.0 Å². The van der Waals surface area contributed by atoms with E-state index in [-0.39, 0.29) is 12.2 Å². The van der Waals surface area contributed by atoms with Crippen molar-refractivity contribution in [2.75, 3.05) is 18.3 Å². The van der Waals surface area contributed by atoms with Crippen LogP contribution in [0.25, 0.3) is 11.5 Å². The Hall–Kier alpha value is -2.10. The van der Waals surface area contributed by atoms with E-state index in [2.05, 4.69) is 36.3 Å². The lowest BCUT2D eigenvalue weighted by atomic mass is 10.2. The van der Waals surface area contributed by atoms with Gasteiger partial charge in [-0.25, -0.2) is 24.4 Å². The molecule has 0 atom stereocenters. The molecule has 2 heterocycles. The maximum absolute atomic E-state index is 12.3. The second kappa shape index (κ2) is 8.73. The molecule has 0 aliphatic rings. The standard InChI is InChI=1S/C17H15BrClN5O2S/c1-3-26-16(25)10-9-21-17(27-2)22-13(10)15-20-7-8-24(15)23-14-11(18)5-4-6-12(14)19/h4-9,23H,3H2,1-2H3. The van der Waals surface area contributed by atoms with Gasteiger partial charge < -0.3 is 4.74 Å². The molecule has 0 saturated carbocycles. The molecular formula is C17H15BrClN5O2S. The molecule has 140 valence electrons. The van der Waals surface area contributed by atoms with Crippen LogP contribution < -0.4 is 5.43 Å². The summed E-state index contributed by atoms with van der Waals surface area (Å²) < 4.78 is 7.55. The van der Waals surface area contributed by atoms with Gasteiger partial charge in [-0.2, -0.15) is 0 Å². The Morgan fingerprint density at radius 1 is 1.41 bits per heavy atom. The van der Waals surface area contributed by atoms with Crippen LogP contribution >= 0.6 is 39.3 Å². The third kappa shape index (κ3) is 4.26. The number of halogens is 2. The number of hydrogen-bond donors (Lipinski definition) is 1. The van der Waals surface area contributed by atoms with Gasteiger partial charge in [-0.15, -0.1) is 0 Å². The molecule has 3 rings (SSSR count). The van der Waals surface area contributed by atoms with E-state index in [9.17, 15) is 4.79 Å². The van der Waals surface area contributed by atoms with Crippen molar-refractivity contribution in [1.29, 1.82) is 0 Å².